The molecule has 0 saturated carbocycles. The van der Waals surface area contributed by atoms with Gasteiger partial charge < -0.3 is 10.6 Å². The van der Waals surface area contributed by atoms with Crippen LogP contribution in [0.15, 0.2) is 36.4 Å². The molecule has 0 spiro atoms. The maximum atomic E-state index is 12.5. The first-order valence-corrected chi connectivity index (χ1v) is 7.15. The molecule has 0 aliphatic rings. The average molecular weight is 338 g/mol. The lowest BCUT2D eigenvalue weighted by Crippen LogP contribution is -2.27. The fourth-order valence-corrected chi connectivity index (χ4v) is 1.84. The Balaban J connectivity index is 2.04. The van der Waals surface area contributed by atoms with Gasteiger partial charge in [-0.15, -0.1) is 10.2 Å². The van der Waals surface area contributed by atoms with Crippen LogP contribution in [0.5, 0.6) is 0 Å². The molecule has 0 radical (unpaired) electrons. The molecule has 1 aromatic carbocycles. The van der Waals surface area contributed by atoms with Gasteiger partial charge in [-0.1, -0.05) is 0 Å². The van der Waals surface area contributed by atoms with Crippen molar-refractivity contribution < 1.29 is 18.0 Å². The lowest BCUT2D eigenvalue weighted by Gasteiger charge is -2.20. The summed E-state index contributed by atoms with van der Waals surface area (Å²) >= 11 is 0. The second kappa shape index (κ2) is 6.46. The molecule has 128 valence electrons. The number of alkyl halides is 3. The van der Waals surface area contributed by atoms with Gasteiger partial charge in [0.2, 0.25) is 0 Å². The van der Waals surface area contributed by atoms with Gasteiger partial charge in [-0.2, -0.15) is 13.2 Å². The van der Waals surface area contributed by atoms with Crippen molar-refractivity contribution >= 4 is 17.4 Å². The molecule has 5 nitrogen and oxygen atoms in total. The molecule has 0 unspecified atom stereocenters. The van der Waals surface area contributed by atoms with Gasteiger partial charge in [-0.05, 0) is 57.2 Å². The summed E-state index contributed by atoms with van der Waals surface area (Å²) in [5.41, 5.74) is -0.669. The fourth-order valence-electron chi connectivity index (χ4n) is 1.84. The van der Waals surface area contributed by atoms with E-state index in [9.17, 15) is 18.0 Å². The van der Waals surface area contributed by atoms with Crippen molar-refractivity contribution in [2.24, 2.45) is 0 Å². The third-order valence-electron chi connectivity index (χ3n) is 2.87. The number of rotatable bonds is 3. The molecular weight excluding hydrogens is 321 g/mol. The van der Waals surface area contributed by atoms with Crippen LogP contribution in [0.1, 0.15) is 36.8 Å². The Hall–Kier alpha value is -2.64. The van der Waals surface area contributed by atoms with Crippen molar-refractivity contribution in [1.82, 2.24) is 10.2 Å². The maximum absolute atomic E-state index is 12.5. The molecule has 0 aliphatic carbocycles. The molecule has 0 aliphatic heterocycles. The Bertz CT molecular complexity index is 704. The van der Waals surface area contributed by atoms with Crippen molar-refractivity contribution in [1.29, 1.82) is 0 Å². The van der Waals surface area contributed by atoms with Crippen LogP contribution in [0.2, 0.25) is 0 Å². The van der Waals surface area contributed by atoms with E-state index in [1.807, 2.05) is 20.8 Å². The average Bonchev–Trinajstić information content (AvgIpc) is 2.46. The van der Waals surface area contributed by atoms with Gasteiger partial charge in [0.05, 0.1) is 5.56 Å². The number of nitrogens with one attached hydrogen (secondary N) is 2. The number of carbonyl (C=O) groups is 1. The summed E-state index contributed by atoms with van der Waals surface area (Å²) in [7, 11) is 0. The van der Waals surface area contributed by atoms with Crippen LogP contribution < -0.4 is 10.6 Å². The summed E-state index contributed by atoms with van der Waals surface area (Å²) in [5, 5.41) is 13.3. The van der Waals surface area contributed by atoms with E-state index in [1.54, 1.807) is 6.07 Å². The summed E-state index contributed by atoms with van der Waals surface area (Å²) in [4.78, 5) is 12.0. The zero-order chi connectivity index (χ0) is 18.0. The topological polar surface area (TPSA) is 66.9 Å². The minimum absolute atomic E-state index is 0.0642. The first-order chi connectivity index (χ1) is 11.0. The van der Waals surface area contributed by atoms with Crippen molar-refractivity contribution in [3.63, 3.8) is 0 Å². The van der Waals surface area contributed by atoms with E-state index in [0.717, 1.165) is 12.1 Å². The van der Waals surface area contributed by atoms with Crippen LogP contribution >= 0.6 is 0 Å². The van der Waals surface area contributed by atoms with E-state index in [2.05, 4.69) is 20.8 Å². The van der Waals surface area contributed by atoms with Crippen LogP contribution in [-0.2, 0) is 6.18 Å². The molecule has 2 N–H and O–H groups in total. The molecule has 0 saturated heterocycles. The highest BCUT2D eigenvalue weighted by Crippen LogP contribution is 2.29. The molecule has 8 heteroatoms. The quantitative estimate of drug-likeness (QED) is 0.889. The van der Waals surface area contributed by atoms with Crippen LogP contribution in [0.4, 0.5) is 24.7 Å². The van der Waals surface area contributed by atoms with E-state index >= 15 is 0 Å². The lowest BCUT2D eigenvalue weighted by molar-refractivity contribution is -0.137. The van der Waals surface area contributed by atoms with E-state index in [-0.39, 0.29) is 16.9 Å². The van der Waals surface area contributed by atoms with E-state index < -0.39 is 17.6 Å². The second-order valence-electron chi connectivity index (χ2n) is 6.21. The summed E-state index contributed by atoms with van der Waals surface area (Å²) in [6.07, 6.45) is -4.41. The van der Waals surface area contributed by atoms with E-state index in [0.29, 0.717) is 5.82 Å². The predicted molar refractivity (Wildman–Crippen MR) is 84.8 cm³/mol. The number of hydrogen-bond donors (Lipinski definition) is 2. The number of hydrogen-bond acceptors (Lipinski definition) is 4. The van der Waals surface area contributed by atoms with E-state index in [4.69, 9.17) is 0 Å². The molecular formula is C16H17F3N4O. The lowest BCUT2D eigenvalue weighted by atomic mass is 10.1. The molecule has 0 atom stereocenters. The smallest absolute Gasteiger partial charge is 0.364 e. The number of halogens is 3. The Kier molecular flexibility index (Phi) is 4.77. The van der Waals surface area contributed by atoms with Crippen molar-refractivity contribution in [3.05, 3.63) is 47.7 Å². The second-order valence-corrected chi connectivity index (χ2v) is 6.21. The number of benzene rings is 1. The third kappa shape index (κ3) is 4.94. The van der Waals surface area contributed by atoms with Crippen molar-refractivity contribution in [3.8, 4) is 0 Å². The Morgan fingerprint density at radius 1 is 0.958 bits per heavy atom. The molecule has 1 aromatic heterocycles. The third-order valence-corrected chi connectivity index (χ3v) is 2.87. The van der Waals surface area contributed by atoms with Gasteiger partial charge in [0.15, 0.2) is 5.69 Å². The van der Waals surface area contributed by atoms with Crippen molar-refractivity contribution in [2.75, 3.05) is 10.6 Å². The molecule has 2 aromatic rings. The van der Waals surface area contributed by atoms with Crippen LogP contribution in [0.25, 0.3) is 0 Å². The number of aromatic nitrogens is 2. The monoisotopic (exact) mass is 338 g/mol. The van der Waals surface area contributed by atoms with Gasteiger partial charge >= 0.3 is 6.18 Å². The minimum atomic E-state index is -4.41. The summed E-state index contributed by atoms with van der Waals surface area (Å²) in [6, 6.07) is 7.27. The highest BCUT2D eigenvalue weighted by molar-refractivity contribution is 6.02. The minimum Gasteiger partial charge on any atom is -0.364 e. The Morgan fingerprint density at radius 3 is 2.04 bits per heavy atom. The molecule has 24 heavy (non-hydrogen) atoms. The molecule has 0 bridgehead atoms. The number of anilines is 2. The first-order valence-electron chi connectivity index (χ1n) is 7.15. The SMILES string of the molecule is CC(C)(C)Nc1ccc(C(=O)Nc2ccc(C(F)(F)F)cc2)nn1. The summed E-state index contributed by atoms with van der Waals surface area (Å²) in [5.74, 6) is -0.0295. The standard InChI is InChI=1S/C16H17F3N4O/c1-15(2,3)21-13-9-8-12(22-23-13)14(24)20-11-6-4-10(5-7-11)16(17,18)19/h4-9H,1-3H3,(H,20,24)(H,21,23). The van der Waals surface area contributed by atoms with Crippen LogP contribution in [0, 0.1) is 0 Å². The van der Waals surface area contributed by atoms with Crippen LogP contribution in [0.3, 0.4) is 0 Å². The molecule has 0 fully saturated rings. The van der Waals surface area contributed by atoms with Gasteiger partial charge in [-0.25, -0.2) is 0 Å². The Labute approximate surface area is 137 Å². The molecule has 2 rings (SSSR count). The van der Waals surface area contributed by atoms with E-state index in [1.165, 1.54) is 18.2 Å². The summed E-state index contributed by atoms with van der Waals surface area (Å²) < 4.78 is 37.5. The largest absolute Gasteiger partial charge is 0.416 e. The Morgan fingerprint density at radius 2 is 1.58 bits per heavy atom. The zero-order valence-electron chi connectivity index (χ0n) is 13.4. The zero-order valence-corrected chi connectivity index (χ0v) is 13.4. The predicted octanol–water partition coefficient (Wildman–Crippen LogP) is 3.96. The van der Waals surface area contributed by atoms with Crippen molar-refractivity contribution in [2.45, 2.75) is 32.5 Å². The molecule has 1 heterocycles. The normalized spacial score (nSPS) is 11.9. The molecule has 1 amide bonds. The van der Waals surface area contributed by atoms with Gasteiger partial charge in [0, 0.05) is 11.2 Å². The maximum Gasteiger partial charge on any atom is 0.416 e. The highest BCUT2D eigenvalue weighted by atomic mass is 19.4. The number of carbonyl (C=O) groups excluding carboxylic acids is 1. The van der Waals surface area contributed by atoms with Crippen LogP contribution in [-0.4, -0.2) is 21.6 Å². The van der Waals surface area contributed by atoms with Gasteiger partial charge in [-0.3, -0.25) is 4.79 Å². The van der Waals surface area contributed by atoms with Gasteiger partial charge in [0.25, 0.3) is 5.91 Å². The van der Waals surface area contributed by atoms with Gasteiger partial charge in [0.1, 0.15) is 5.82 Å². The highest BCUT2D eigenvalue weighted by Gasteiger charge is 2.30. The number of nitrogens with zero attached hydrogens (tertiary/aromatic N) is 2. The first kappa shape index (κ1) is 17.7. The number of amides is 1. The summed E-state index contributed by atoms with van der Waals surface area (Å²) in [6.45, 7) is 5.87. The fraction of sp³-hybridized carbons (Fsp3) is 0.312.